The smallest absolute Gasteiger partial charge is 0.297 e. The maximum absolute atomic E-state index is 12.8. The van der Waals surface area contributed by atoms with Crippen LogP contribution >= 0.6 is 0 Å². The summed E-state index contributed by atoms with van der Waals surface area (Å²) in [5.74, 6) is 58.5. The van der Waals surface area contributed by atoms with Gasteiger partial charge in [-0.15, -0.1) is 0 Å². The van der Waals surface area contributed by atoms with Crippen LogP contribution in [0.3, 0.4) is 0 Å². The zero-order chi connectivity index (χ0) is 44.2. The number of aliphatic hydroxyl groups is 5. The average molecular weight is 865 g/mol. The maximum atomic E-state index is 12.8. The number of hydrogen-bond donors (Lipinski definition) is 7. The second-order valence-electron chi connectivity index (χ2n) is 12.4. The Labute approximate surface area is 394 Å². The van der Waals surface area contributed by atoms with E-state index in [2.05, 4.69) is 147 Å². The van der Waals surface area contributed by atoms with E-state index in [0.717, 1.165) is 31.2 Å². The standard InChI is InChI=1S/C50H44N2O9.24H2/c1-2-3-4-5-6-7-8-9-10-11-12-13-14-15-16-17-18-19-20-21-22-23-29-34-45(54)52-42(46(55)43(53)36-35-41-32-27-26-28-33-41)39-60-50-49(58)48(57)47(56)44(61-50)40-59-38-31-25-24-30-37-51;;;;;;;;;;;;;;;;;;;;;;;;/h26-28,32-33,42-44,46-50,53,55-58H,24-25,30-31,35-40,51H2,1H3,(H,52,54);24*1H/t42-,43+,44?,46-,47?,48?,49?,50?;;;;;;;;;;;;;;;;;;;;;;;;/m0......................../s1. The summed E-state index contributed by atoms with van der Waals surface area (Å²) in [6, 6.07) is 8.05. The summed E-state index contributed by atoms with van der Waals surface area (Å²) in [4.78, 5) is 12.8. The fourth-order valence-electron chi connectivity index (χ4n) is 4.90. The van der Waals surface area contributed by atoms with Gasteiger partial charge in [0.05, 0.1) is 25.4 Å². The first-order valence-electron chi connectivity index (χ1n) is 19.0. The van der Waals surface area contributed by atoms with Crippen molar-refractivity contribution in [2.45, 2.75) is 94.4 Å². The van der Waals surface area contributed by atoms with E-state index < -0.39 is 61.5 Å². The van der Waals surface area contributed by atoms with E-state index in [1.165, 1.54) is 0 Å². The maximum Gasteiger partial charge on any atom is 0.297 e. The van der Waals surface area contributed by atoms with Crippen molar-refractivity contribution in [3.8, 4) is 142 Å². The quantitative estimate of drug-likeness (QED) is 0.0817. The van der Waals surface area contributed by atoms with Gasteiger partial charge in [0.1, 0.15) is 30.5 Å². The van der Waals surface area contributed by atoms with E-state index in [1.54, 1.807) is 6.92 Å². The summed E-state index contributed by atoms with van der Waals surface area (Å²) in [6.45, 7) is 2.11. The lowest BCUT2D eigenvalue weighted by Crippen LogP contribution is -2.60. The van der Waals surface area contributed by atoms with Crippen LogP contribution in [0.15, 0.2) is 30.3 Å². The molecule has 11 heteroatoms. The zero-order valence-corrected chi connectivity index (χ0v) is 33.5. The van der Waals surface area contributed by atoms with Crippen molar-refractivity contribution in [3.05, 3.63) is 35.9 Å². The topological polar surface area (TPSA) is 184 Å². The van der Waals surface area contributed by atoms with E-state index in [9.17, 15) is 30.3 Å². The van der Waals surface area contributed by atoms with Gasteiger partial charge in [0, 0.05) is 82.3 Å². The Bertz CT molecular complexity index is 2450. The van der Waals surface area contributed by atoms with Crippen molar-refractivity contribution in [1.29, 1.82) is 0 Å². The van der Waals surface area contributed by atoms with Crippen molar-refractivity contribution in [2.24, 2.45) is 5.73 Å². The van der Waals surface area contributed by atoms with Gasteiger partial charge in [0.2, 0.25) is 0 Å². The number of benzene rings is 1. The predicted molar refractivity (Wildman–Crippen MR) is 279 cm³/mol. The van der Waals surface area contributed by atoms with Crippen LogP contribution in [0.5, 0.6) is 0 Å². The SMILES string of the molecule is CC#CC#CC#CC#CC#CC#CC#CC#CC#CC#CC#CC#CC(=O)N[C@@H](COC1OC(COCCCCCCN)C(O)C(O)C1O)[C@H](O)[C@H](O)CCc1ccccc1.[HH].[HH].[HH].[HH].[HH].[HH].[HH].[HH].[HH].[HH].[HH].[HH].[HH].[HH].[HH].[HH].[HH].[HH].[HH].[HH].[HH].[HH].[HH].[HH]. The summed E-state index contributed by atoms with van der Waals surface area (Å²) >= 11 is 0. The molecule has 1 saturated heterocycles. The van der Waals surface area contributed by atoms with Gasteiger partial charge in [-0.3, -0.25) is 4.79 Å². The van der Waals surface area contributed by atoms with Crippen LogP contribution in [-0.4, -0.2) is 107 Å². The van der Waals surface area contributed by atoms with Crippen molar-refractivity contribution < 1.29 is 78.8 Å². The highest BCUT2D eigenvalue weighted by molar-refractivity contribution is 5.94. The van der Waals surface area contributed by atoms with Crippen LogP contribution in [0.25, 0.3) is 0 Å². The molecule has 1 fully saturated rings. The number of amides is 1. The van der Waals surface area contributed by atoms with Gasteiger partial charge >= 0.3 is 0 Å². The first-order valence-corrected chi connectivity index (χ1v) is 19.0. The number of unbranched alkanes of at least 4 members (excludes halogenated alkanes) is 3. The van der Waals surface area contributed by atoms with Crippen LogP contribution in [0.2, 0.25) is 0 Å². The Morgan fingerprint density at radius 1 is 0.721 bits per heavy atom. The molecule has 61 heavy (non-hydrogen) atoms. The number of aryl methyl sites for hydroxylation is 1. The van der Waals surface area contributed by atoms with E-state index in [4.69, 9.17) is 19.9 Å². The summed E-state index contributed by atoms with van der Waals surface area (Å²) in [7, 11) is 0. The third kappa shape index (κ3) is 23.3. The van der Waals surface area contributed by atoms with Gasteiger partial charge in [-0.25, -0.2) is 0 Å². The average Bonchev–Trinajstić information content (AvgIpc) is 3.27. The monoisotopic (exact) mass is 865 g/mol. The van der Waals surface area contributed by atoms with Gasteiger partial charge in [0.25, 0.3) is 5.91 Å². The number of nitrogens with two attached hydrogens (primary N) is 1. The lowest BCUT2D eigenvalue weighted by Gasteiger charge is -2.40. The number of rotatable bonds is 17. The number of hydrogen-bond acceptors (Lipinski definition) is 10. The first-order chi connectivity index (χ1) is 29.8. The Hall–Kier alpha value is -6.95. The highest BCUT2D eigenvalue weighted by Crippen LogP contribution is 2.23. The third-order valence-corrected chi connectivity index (χ3v) is 7.94. The van der Waals surface area contributed by atoms with E-state index >= 15 is 0 Å². The minimum atomic E-state index is -1.68. The molecule has 0 saturated carbocycles. The largest absolute Gasteiger partial charge is 0.390 e. The first kappa shape index (κ1) is 50.2. The van der Waals surface area contributed by atoms with Gasteiger partial charge in [0.15, 0.2) is 6.29 Å². The minimum absolute atomic E-state index is 0. The fourth-order valence-corrected chi connectivity index (χ4v) is 4.90. The Morgan fingerprint density at radius 2 is 1.23 bits per heavy atom. The number of nitrogens with one attached hydrogen (secondary N) is 1. The minimum Gasteiger partial charge on any atom is -0.390 e. The number of aliphatic hydroxyl groups excluding tert-OH is 5. The summed E-state index contributed by atoms with van der Waals surface area (Å²) in [5.41, 5.74) is 6.45. The second-order valence-corrected chi connectivity index (χ2v) is 12.4. The summed E-state index contributed by atoms with van der Waals surface area (Å²) < 4.78 is 17.1. The third-order valence-electron chi connectivity index (χ3n) is 7.94. The molecule has 0 bridgehead atoms. The van der Waals surface area contributed by atoms with Gasteiger partial charge in [-0.1, -0.05) is 49.1 Å². The molecule has 0 aliphatic carbocycles. The molecule has 1 aliphatic heterocycles. The Balaban J connectivity index is -0.0000000763. The zero-order valence-electron chi connectivity index (χ0n) is 33.5. The Kier molecular flexibility index (Phi) is 27.1. The molecular weight excluding hydrogens is 773 g/mol. The van der Waals surface area contributed by atoms with Crippen LogP contribution in [0, 0.1) is 142 Å². The molecule has 5 unspecified atom stereocenters. The highest BCUT2D eigenvalue weighted by Gasteiger charge is 2.45. The molecule has 0 aromatic heterocycles. The van der Waals surface area contributed by atoms with Gasteiger partial charge < -0.3 is 50.8 Å². The highest BCUT2D eigenvalue weighted by atomic mass is 16.7. The predicted octanol–water partition coefficient (Wildman–Crippen LogP) is 5.15. The molecule has 2 rings (SSSR count). The molecule has 11 nitrogen and oxygen atoms in total. The molecule has 1 aliphatic rings. The number of carbonyl (C=O) groups excluding carboxylic acids is 1. The molecule has 1 aromatic carbocycles. The second kappa shape index (κ2) is 32.9. The molecular formula is C50H92N2O9. The lowest BCUT2D eigenvalue weighted by atomic mass is 9.98. The molecule has 356 valence electrons. The lowest BCUT2D eigenvalue weighted by molar-refractivity contribution is -0.304. The van der Waals surface area contributed by atoms with Gasteiger partial charge in [-0.2, -0.15) is 0 Å². The van der Waals surface area contributed by atoms with Crippen molar-refractivity contribution in [1.82, 2.24) is 5.32 Å². The van der Waals surface area contributed by atoms with Crippen LogP contribution in [-0.2, 0) is 25.4 Å². The fraction of sp³-hybridized carbons (Fsp3) is 0.380. The summed E-state index contributed by atoms with van der Waals surface area (Å²) in [5, 5.41) is 56.1. The molecule has 1 amide bonds. The number of ether oxygens (including phenoxy) is 3. The molecule has 8 N–H and O–H groups in total. The van der Waals surface area contributed by atoms with Crippen LogP contribution in [0.1, 0.15) is 78.8 Å². The molecule has 1 heterocycles. The van der Waals surface area contributed by atoms with Crippen LogP contribution < -0.4 is 11.1 Å². The summed E-state index contributed by atoms with van der Waals surface area (Å²) in [6.07, 6.45) is -6.03. The van der Waals surface area contributed by atoms with Gasteiger partial charge in [-0.05, 0) is 139 Å². The van der Waals surface area contributed by atoms with E-state index in [0.29, 0.717) is 19.6 Å². The van der Waals surface area contributed by atoms with Crippen molar-refractivity contribution >= 4 is 5.91 Å². The van der Waals surface area contributed by atoms with E-state index in [-0.39, 0.29) is 47.3 Å². The molecule has 1 aromatic rings. The molecule has 8 atom stereocenters. The normalized spacial score (nSPS) is 17.6. The Morgan fingerprint density at radius 3 is 1.75 bits per heavy atom. The molecule has 0 radical (unpaired) electrons. The van der Waals surface area contributed by atoms with Crippen molar-refractivity contribution in [3.63, 3.8) is 0 Å². The number of carbonyl (C=O) groups is 1. The van der Waals surface area contributed by atoms with E-state index in [1.807, 2.05) is 30.3 Å². The van der Waals surface area contributed by atoms with Crippen LogP contribution in [0.4, 0.5) is 0 Å². The van der Waals surface area contributed by atoms with Crippen molar-refractivity contribution in [2.75, 3.05) is 26.4 Å². The molecule has 0 spiro atoms.